The second-order valence-electron chi connectivity index (χ2n) is 6.76. The lowest BCUT2D eigenvalue weighted by Crippen LogP contribution is -2.41. The quantitative estimate of drug-likeness (QED) is 0.650. The Labute approximate surface area is 152 Å². The molecule has 0 aliphatic carbocycles. The van der Waals surface area contributed by atoms with E-state index < -0.39 is 18.3 Å². The summed E-state index contributed by atoms with van der Waals surface area (Å²) in [6, 6.07) is 1.70. The fourth-order valence-corrected chi connectivity index (χ4v) is 2.43. The minimum absolute atomic E-state index is 0.135. The summed E-state index contributed by atoms with van der Waals surface area (Å²) in [4.78, 5) is 15.3. The van der Waals surface area contributed by atoms with E-state index in [-0.39, 0.29) is 11.1 Å². The van der Waals surface area contributed by atoms with Gasteiger partial charge in [0.2, 0.25) is 5.91 Å². The fourth-order valence-electron chi connectivity index (χ4n) is 2.15. The molecule has 0 atom stereocenters. The summed E-state index contributed by atoms with van der Waals surface area (Å²) in [5.41, 5.74) is 0.578. The van der Waals surface area contributed by atoms with E-state index in [0.29, 0.717) is 11.6 Å². The van der Waals surface area contributed by atoms with E-state index in [4.69, 9.17) is 32.5 Å². The van der Waals surface area contributed by atoms with Crippen LogP contribution in [0.3, 0.4) is 0 Å². The van der Waals surface area contributed by atoms with Crippen molar-refractivity contribution in [3.8, 4) is 0 Å². The molecule has 0 aromatic carbocycles. The van der Waals surface area contributed by atoms with Gasteiger partial charge in [-0.2, -0.15) is 0 Å². The van der Waals surface area contributed by atoms with Crippen molar-refractivity contribution in [3.63, 3.8) is 0 Å². The second kappa shape index (κ2) is 7.04. The van der Waals surface area contributed by atoms with Crippen LogP contribution in [0.5, 0.6) is 0 Å². The lowest BCUT2D eigenvalue weighted by atomic mass is 9.77. The molecule has 1 aliphatic rings. The highest BCUT2D eigenvalue weighted by Gasteiger charge is 2.52. The third kappa shape index (κ3) is 4.31. The van der Waals surface area contributed by atoms with Gasteiger partial charge in [-0.15, -0.1) is 0 Å². The van der Waals surface area contributed by atoms with Gasteiger partial charge in [0.25, 0.3) is 0 Å². The number of nitrogens with one attached hydrogen (secondary N) is 1. The molecule has 1 aromatic heterocycles. The number of amides is 1. The first-order valence-electron chi connectivity index (χ1n) is 7.63. The van der Waals surface area contributed by atoms with E-state index >= 15 is 0 Å². The van der Waals surface area contributed by atoms with Gasteiger partial charge >= 0.3 is 7.12 Å². The molecule has 2 rings (SSSR count). The number of rotatable bonds is 4. The van der Waals surface area contributed by atoms with Gasteiger partial charge in [0.15, 0.2) is 0 Å². The van der Waals surface area contributed by atoms with Crippen molar-refractivity contribution in [2.75, 3.05) is 6.54 Å². The third-order valence-electron chi connectivity index (χ3n) is 4.27. The second-order valence-corrected chi connectivity index (χ2v) is 7.52. The van der Waals surface area contributed by atoms with Gasteiger partial charge in [0.1, 0.15) is 5.15 Å². The molecule has 1 aliphatic heterocycles. The highest BCUT2D eigenvalue weighted by atomic mass is 35.5. The zero-order chi connectivity index (χ0) is 18.1. The van der Waals surface area contributed by atoms with Crippen molar-refractivity contribution in [1.82, 2.24) is 10.3 Å². The van der Waals surface area contributed by atoms with Crippen LogP contribution in [0.1, 0.15) is 40.2 Å². The summed E-state index contributed by atoms with van der Waals surface area (Å²) in [5, 5.41) is 3.38. The van der Waals surface area contributed by atoms with Crippen LogP contribution in [0.4, 0.5) is 0 Å². The molecule has 1 N–H and O–H groups in total. The van der Waals surface area contributed by atoms with Crippen LogP contribution in [0.25, 0.3) is 6.08 Å². The Morgan fingerprint density at radius 2 is 1.88 bits per heavy atom. The number of nitrogens with zero attached hydrogens (tertiary/aromatic N) is 1. The van der Waals surface area contributed by atoms with Crippen LogP contribution in [0, 0.1) is 0 Å². The monoisotopic (exact) mass is 370 g/mol. The van der Waals surface area contributed by atoms with Crippen LogP contribution >= 0.6 is 23.2 Å². The molecule has 1 fully saturated rings. The summed E-state index contributed by atoms with van der Waals surface area (Å²) < 4.78 is 12.1. The van der Waals surface area contributed by atoms with Gasteiger partial charge in [-0.1, -0.05) is 29.3 Å². The van der Waals surface area contributed by atoms with Gasteiger partial charge < -0.3 is 14.6 Å². The summed E-state index contributed by atoms with van der Waals surface area (Å²) >= 11 is 11.9. The summed E-state index contributed by atoms with van der Waals surface area (Å²) in [6.45, 7) is 9.66. The van der Waals surface area contributed by atoms with E-state index in [1.807, 2.05) is 33.8 Å². The smallest absolute Gasteiger partial charge is 0.400 e. The summed E-state index contributed by atoms with van der Waals surface area (Å²) in [5.74, 6) is -0.135. The highest BCUT2D eigenvalue weighted by Crippen LogP contribution is 2.38. The molecular formula is C16H21BCl2N2O3. The standard InChI is InChI=1S/C16H21BCl2N2O3/c1-10(22)20-9-12(6-11-7-13(18)14(19)21-8-11)17-23-15(2,3)16(4,5)24-17/h6-8H,9H2,1-5H3,(H,20,22). The van der Waals surface area contributed by atoms with E-state index in [2.05, 4.69) is 10.3 Å². The topological polar surface area (TPSA) is 60.5 Å². The third-order valence-corrected chi connectivity index (χ3v) is 4.95. The molecule has 130 valence electrons. The van der Waals surface area contributed by atoms with E-state index in [9.17, 15) is 4.79 Å². The van der Waals surface area contributed by atoms with Crippen molar-refractivity contribution in [2.24, 2.45) is 0 Å². The predicted molar refractivity (Wildman–Crippen MR) is 97.0 cm³/mol. The number of halogens is 2. The Bertz CT molecular complexity index is 661. The first-order valence-corrected chi connectivity index (χ1v) is 8.39. The zero-order valence-electron chi connectivity index (χ0n) is 14.4. The molecule has 0 saturated carbocycles. The van der Waals surface area contributed by atoms with E-state index in [1.54, 1.807) is 12.3 Å². The average Bonchev–Trinajstić information content (AvgIpc) is 2.67. The molecule has 5 nitrogen and oxygen atoms in total. The fraction of sp³-hybridized carbons (Fsp3) is 0.500. The lowest BCUT2D eigenvalue weighted by molar-refractivity contribution is -0.118. The van der Waals surface area contributed by atoms with Crippen LogP contribution in [0.2, 0.25) is 10.2 Å². The first-order chi connectivity index (χ1) is 11.0. The van der Waals surface area contributed by atoms with Gasteiger partial charge in [-0.3, -0.25) is 4.79 Å². The SMILES string of the molecule is CC(=O)NCC(=Cc1cnc(Cl)c(Cl)c1)B1OC(C)(C)C(C)(C)O1. The van der Waals surface area contributed by atoms with Crippen molar-refractivity contribution in [3.05, 3.63) is 33.5 Å². The predicted octanol–water partition coefficient (Wildman–Crippen LogP) is 3.54. The Morgan fingerprint density at radius 3 is 2.38 bits per heavy atom. The van der Waals surface area contributed by atoms with Gasteiger partial charge in [0.05, 0.1) is 16.2 Å². The van der Waals surface area contributed by atoms with Crippen molar-refractivity contribution < 1.29 is 14.1 Å². The molecular weight excluding hydrogens is 350 g/mol. The molecule has 24 heavy (non-hydrogen) atoms. The largest absolute Gasteiger partial charge is 0.492 e. The Kier molecular flexibility index (Phi) is 5.65. The van der Waals surface area contributed by atoms with Crippen molar-refractivity contribution in [2.45, 2.75) is 45.8 Å². The molecule has 0 radical (unpaired) electrons. The Hall–Kier alpha value is -1.08. The zero-order valence-corrected chi connectivity index (χ0v) is 16.0. The molecule has 8 heteroatoms. The normalized spacial score (nSPS) is 19.5. The van der Waals surface area contributed by atoms with Crippen LogP contribution < -0.4 is 5.32 Å². The molecule has 0 bridgehead atoms. The minimum atomic E-state index is -0.573. The maximum atomic E-state index is 11.3. The Morgan fingerprint density at radius 1 is 1.29 bits per heavy atom. The van der Waals surface area contributed by atoms with E-state index in [1.165, 1.54) is 6.92 Å². The highest BCUT2D eigenvalue weighted by molar-refractivity contribution is 6.56. The van der Waals surface area contributed by atoms with Crippen LogP contribution in [-0.2, 0) is 14.1 Å². The summed E-state index contributed by atoms with van der Waals surface area (Å²) in [6.07, 6.45) is 3.44. The lowest BCUT2D eigenvalue weighted by Gasteiger charge is -2.32. The molecule has 0 unspecified atom stereocenters. The molecule has 1 saturated heterocycles. The average molecular weight is 371 g/mol. The number of hydrogen-bond donors (Lipinski definition) is 1. The maximum Gasteiger partial charge on any atom is 0.492 e. The minimum Gasteiger partial charge on any atom is -0.400 e. The molecule has 1 aromatic rings. The first kappa shape index (κ1) is 19.3. The maximum absolute atomic E-state index is 11.3. The number of pyridine rings is 1. The molecule has 0 spiro atoms. The molecule has 1 amide bonds. The van der Waals surface area contributed by atoms with Crippen molar-refractivity contribution in [1.29, 1.82) is 0 Å². The summed E-state index contributed by atoms with van der Waals surface area (Å²) in [7, 11) is -0.573. The van der Waals surface area contributed by atoms with Crippen molar-refractivity contribution >= 4 is 42.3 Å². The van der Waals surface area contributed by atoms with Gasteiger partial charge in [-0.05, 0) is 44.8 Å². The number of hydrogen-bond acceptors (Lipinski definition) is 4. The Balaban J connectivity index is 2.33. The van der Waals surface area contributed by atoms with Crippen LogP contribution in [-0.4, -0.2) is 35.8 Å². The van der Waals surface area contributed by atoms with Gasteiger partial charge in [0, 0.05) is 19.7 Å². The number of carbonyl (C=O) groups excluding carboxylic acids is 1. The van der Waals surface area contributed by atoms with E-state index in [0.717, 1.165) is 11.0 Å². The number of aromatic nitrogens is 1. The molecule has 2 heterocycles. The van der Waals surface area contributed by atoms with Gasteiger partial charge in [-0.25, -0.2) is 4.98 Å². The number of carbonyl (C=O) groups is 1. The van der Waals surface area contributed by atoms with Crippen LogP contribution in [0.15, 0.2) is 17.7 Å².